The Labute approximate surface area is 125 Å². The highest BCUT2D eigenvalue weighted by Gasteiger charge is 2.25. The van der Waals surface area contributed by atoms with E-state index in [1.165, 1.54) is 16.6 Å². The van der Waals surface area contributed by atoms with Gasteiger partial charge in [0.15, 0.2) is 0 Å². The molecule has 3 rings (SSSR count). The quantitative estimate of drug-likeness (QED) is 0.882. The van der Waals surface area contributed by atoms with Crippen molar-refractivity contribution in [1.29, 1.82) is 0 Å². The maximum atomic E-state index is 12.1. The van der Waals surface area contributed by atoms with Crippen LogP contribution in [0.1, 0.15) is 35.0 Å². The van der Waals surface area contributed by atoms with Crippen LogP contribution in [-0.4, -0.2) is 42.6 Å². The predicted octanol–water partition coefficient (Wildman–Crippen LogP) is 2.76. The van der Waals surface area contributed by atoms with Gasteiger partial charge in [-0.3, -0.25) is 0 Å². The molecule has 4 heteroatoms. The summed E-state index contributed by atoms with van der Waals surface area (Å²) in [6, 6.07) is 6.46. The number of carbonyl (C=O) groups excluding carboxylic acids is 1. The first-order chi connectivity index (χ1) is 10.1. The maximum absolute atomic E-state index is 12.1. The summed E-state index contributed by atoms with van der Waals surface area (Å²) >= 11 is 0. The number of nitrogens with one attached hydrogen (secondary N) is 1. The molecule has 0 spiro atoms. The second-order valence-corrected chi connectivity index (χ2v) is 5.89. The SMILES string of the molecule is CCOC(=O)c1cccc2c3c([nH]c12)CCC(N(C)C)C3. The van der Waals surface area contributed by atoms with Gasteiger partial charge in [0.25, 0.3) is 0 Å². The van der Waals surface area contributed by atoms with E-state index < -0.39 is 0 Å². The van der Waals surface area contributed by atoms with Crippen molar-refractivity contribution in [3.8, 4) is 0 Å². The van der Waals surface area contributed by atoms with Crippen molar-refractivity contribution in [2.24, 2.45) is 0 Å². The van der Waals surface area contributed by atoms with Gasteiger partial charge in [-0.25, -0.2) is 4.79 Å². The summed E-state index contributed by atoms with van der Waals surface area (Å²) < 4.78 is 5.16. The van der Waals surface area contributed by atoms with Gasteiger partial charge in [0.1, 0.15) is 0 Å². The fourth-order valence-corrected chi connectivity index (χ4v) is 3.24. The number of nitrogens with zero attached hydrogens (tertiary/aromatic N) is 1. The second kappa shape index (κ2) is 5.53. The van der Waals surface area contributed by atoms with Crippen molar-refractivity contribution in [2.75, 3.05) is 20.7 Å². The number of aromatic nitrogens is 1. The largest absolute Gasteiger partial charge is 0.462 e. The Morgan fingerprint density at radius 3 is 2.95 bits per heavy atom. The molecule has 21 heavy (non-hydrogen) atoms. The van der Waals surface area contributed by atoms with E-state index in [0.717, 1.165) is 24.8 Å². The highest BCUT2D eigenvalue weighted by molar-refractivity contribution is 6.04. The van der Waals surface area contributed by atoms with E-state index in [1.807, 2.05) is 19.1 Å². The minimum absolute atomic E-state index is 0.245. The average Bonchev–Trinajstić information content (AvgIpc) is 2.84. The monoisotopic (exact) mass is 286 g/mol. The summed E-state index contributed by atoms with van der Waals surface area (Å²) in [6.07, 6.45) is 3.23. The Balaban J connectivity index is 2.06. The lowest BCUT2D eigenvalue weighted by Crippen LogP contribution is -2.33. The molecule has 2 aromatic rings. The molecule has 1 unspecified atom stereocenters. The van der Waals surface area contributed by atoms with Gasteiger partial charge in [0.05, 0.1) is 17.7 Å². The van der Waals surface area contributed by atoms with E-state index in [9.17, 15) is 4.79 Å². The summed E-state index contributed by atoms with van der Waals surface area (Å²) in [5, 5.41) is 1.17. The molecule has 112 valence electrons. The molecule has 0 bridgehead atoms. The van der Waals surface area contributed by atoms with E-state index in [4.69, 9.17) is 4.74 Å². The number of ether oxygens (including phenoxy) is 1. The van der Waals surface area contributed by atoms with Crippen LogP contribution in [0.4, 0.5) is 0 Å². The molecule has 0 fully saturated rings. The van der Waals surface area contributed by atoms with Crippen LogP contribution in [0.25, 0.3) is 10.9 Å². The number of hydrogen-bond acceptors (Lipinski definition) is 3. The molecule has 1 heterocycles. The molecular weight excluding hydrogens is 264 g/mol. The normalized spacial score (nSPS) is 18.0. The predicted molar refractivity (Wildman–Crippen MR) is 83.8 cm³/mol. The second-order valence-electron chi connectivity index (χ2n) is 5.89. The van der Waals surface area contributed by atoms with Gasteiger partial charge < -0.3 is 14.6 Å². The Morgan fingerprint density at radius 2 is 2.24 bits per heavy atom. The van der Waals surface area contributed by atoms with Gasteiger partial charge >= 0.3 is 5.97 Å². The summed E-state index contributed by atoms with van der Waals surface area (Å²) in [4.78, 5) is 17.8. The van der Waals surface area contributed by atoms with Crippen LogP contribution < -0.4 is 0 Å². The highest BCUT2D eigenvalue weighted by Crippen LogP contribution is 2.32. The number of benzene rings is 1. The van der Waals surface area contributed by atoms with Crippen LogP contribution in [0.2, 0.25) is 0 Å². The number of hydrogen-bond donors (Lipinski definition) is 1. The van der Waals surface area contributed by atoms with Crippen LogP contribution in [0, 0.1) is 0 Å². The maximum Gasteiger partial charge on any atom is 0.340 e. The lowest BCUT2D eigenvalue weighted by molar-refractivity contribution is 0.0528. The van der Waals surface area contributed by atoms with Gasteiger partial charge in [-0.2, -0.15) is 0 Å². The summed E-state index contributed by atoms with van der Waals surface area (Å²) in [6.45, 7) is 2.23. The van der Waals surface area contributed by atoms with Gasteiger partial charge in [-0.15, -0.1) is 0 Å². The third-order valence-electron chi connectivity index (χ3n) is 4.42. The molecule has 0 saturated carbocycles. The number of aromatic amines is 1. The Bertz CT molecular complexity index is 673. The van der Waals surface area contributed by atoms with E-state index in [2.05, 4.69) is 30.0 Å². The molecule has 4 nitrogen and oxygen atoms in total. The Kier molecular flexibility index (Phi) is 3.72. The lowest BCUT2D eigenvalue weighted by Gasteiger charge is -2.28. The molecule has 1 aromatic carbocycles. The topological polar surface area (TPSA) is 45.3 Å². The summed E-state index contributed by atoms with van der Waals surface area (Å²) in [5.74, 6) is -0.245. The number of carbonyl (C=O) groups is 1. The number of likely N-dealkylation sites (N-methyl/N-ethyl adjacent to an activating group) is 1. The molecule has 1 N–H and O–H groups in total. The molecule has 1 aliphatic carbocycles. The zero-order valence-corrected chi connectivity index (χ0v) is 12.9. The zero-order valence-electron chi connectivity index (χ0n) is 12.9. The number of rotatable bonds is 3. The van der Waals surface area contributed by atoms with Crippen LogP contribution in [0.3, 0.4) is 0 Å². The van der Waals surface area contributed by atoms with E-state index in [0.29, 0.717) is 18.2 Å². The minimum Gasteiger partial charge on any atom is -0.462 e. The molecule has 0 radical (unpaired) electrons. The number of para-hydroxylation sites is 1. The number of fused-ring (bicyclic) bond motifs is 3. The smallest absolute Gasteiger partial charge is 0.340 e. The van der Waals surface area contributed by atoms with E-state index >= 15 is 0 Å². The number of aryl methyl sites for hydroxylation is 1. The van der Waals surface area contributed by atoms with Crippen LogP contribution in [-0.2, 0) is 17.6 Å². The van der Waals surface area contributed by atoms with Crippen molar-refractivity contribution in [2.45, 2.75) is 32.2 Å². The molecule has 0 saturated heterocycles. The standard InChI is InChI=1S/C17H22N2O2/c1-4-21-17(20)13-7-5-6-12-14-10-11(19(2)3)8-9-15(14)18-16(12)13/h5-7,11,18H,4,8-10H2,1-3H3. The van der Waals surface area contributed by atoms with Crippen molar-refractivity contribution < 1.29 is 9.53 Å². The summed E-state index contributed by atoms with van der Waals surface area (Å²) in [7, 11) is 4.27. The van der Waals surface area contributed by atoms with Crippen LogP contribution in [0.15, 0.2) is 18.2 Å². The van der Waals surface area contributed by atoms with Crippen molar-refractivity contribution in [3.63, 3.8) is 0 Å². The number of esters is 1. The van der Waals surface area contributed by atoms with E-state index in [-0.39, 0.29) is 5.97 Å². The third kappa shape index (κ3) is 2.44. The fourth-order valence-electron chi connectivity index (χ4n) is 3.24. The first-order valence-electron chi connectivity index (χ1n) is 7.57. The highest BCUT2D eigenvalue weighted by atomic mass is 16.5. The summed E-state index contributed by atoms with van der Waals surface area (Å²) in [5.41, 5.74) is 4.21. The lowest BCUT2D eigenvalue weighted by atomic mass is 9.90. The Morgan fingerprint density at radius 1 is 1.43 bits per heavy atom. The molecular formula is C17H22N2O2. The van der Waals surface area contributed by atoms with Gasteiger partial charge in [-0.05, 0) is 51.9 Å². The van der Waals surface area contributed by atoms with Gasteiger partial charge in [0, 0.05) is 17.1 Å². The molecule has 1 aliphatic rings. The molecule has 1 atom stereocenters. The van der Waals surface area contributed by atoms with Crippen LogP contribution in [0.5, 0.6) is 0 Å². The number of H-pyrrole nitrogens is 1. The van der Waals surface area contributed by atoms with Gasteiger partial charge in [-0.1, -0.05) is 12.1 Å². The fraction of sp³-hybridized carbons (Fsp3) is 0.471. The average molecular weight is 286 g/mol. The van der Waals surface area contributed by atoms with Crippen LogP contribution >= 0.6 is 0 Å². The first-order valence-corrected chi connectivity index (χ1v) is 7.57. The molecule has 0 amide bonds. The first kappa shape index (κ1) is 14.1. The molecule has 0 aliphatic heterocycles. The zero-order chi connectivity index (χ0) is 15.0. The van der Waals surface area contributed by atoms with E-state index in [1.54, 1.807) is 0 Å². The van der Waals surface area contributed by atoms with Crippen molar-refractivity contribution in [3.05, 3.63) is 35.0 Å². The third-order valence-corrected chi connectivity index (χ3v) is 4.42. The molecule has 1 aromatic heterocycles. The minimum atomic E-state index is -0.245. The Hall–Kier alpha value is -1.81. The van der Waals surface area contributed by atoms with Gasteiger partial charge in [0.2, 0.25) is 0 Å². The van der Waals surface area contributed by atoms with Crippen molar-refractivity contribution in [1.82, 2.24) is 9.88 Å². The van der Waals surface area contributed by atoms with Crippen molar-refractivity contribution >= 4 is 16.9 Å².